The highest BCUT2D eigenvalue weighted by atomic mass is 35.5. The molecule has 1 atom stereocenters. The molecule has 0 aliphatic carbocycles. The molecule has 0 heterocycles. The van der Waals surface area contributed by atoms with Gasteiger partial charge in [0.2, 0.25) is 0 Å². The summed E-state index contributed by atoms with van der Waals surface area (Å²) in [7, 11) is 0. The Morgan fingerprint density at radius 1 is 1.44 bits per heavy atom. The predicted molar refractivity (Wildman–Crippen MR) is 79.8 cm³/mol. The highest BCUT2D eigenvalue weighted by Crippen LogP contribution is 2.25. The molecule has 0 spiro atoms. The van der Waals surface area contributed by atoms with Gasteiger partial charge >= 0.3 is 0 Å². The third-order valence-electron chi connectivity index (χ3n) is 3.20. The van der Waals surface area contributed by atoms with Gasteiger partial charge in [-0.3, -0.25) is 5.41 Å². The standard InChI is InChI=1S/C14H22ClN3/c1-4-10(3)9-18(5-2)13-7-6-11(15)8-12(13)14(16)17/h6-8,10H,4-5,9H2,1-3H3,(H3,16,17). The van der Waals surface area contributed by atoms with Gasteiger partial charge in [-0.15, -0.1) is 0 Å². The van der Waals surface area contributed by atoms with Crippen molar-refractivity contribution in [3.63, 3.8) is 0 Å². The average molecular weight is 268 g/mol. The zero-order valence-corrected chi connectivity index (χ0v) is 12.1. The second-order valence-corrected chi connectivity index (χ2v) is 5.06. The number of nitrogens with one attached hydrogen (secondary N) is 1. The Kier molecular flexibility index (Phi) is 5.48. The van der Waals surface area contributed by atoms with Gasteiger partial charge in [-0.25, -0.2) is 0 Å². The van der Waals surface area contributed by atoms with Crippen LogP contribution in [0.3, 0.4) is 0 Å². The fourth-order valence-electron chi connectivity index (χ4n) is 1.90. The lowest BCUT2D eigenvalue weighted by molar-refractivity contribution is 0.548. The van der Waals surface area contributed by atoms with Crippen LogP contribution in [0.1, 0.15) is 32.8 Å². The maximum atomic E-state index is 7.66. The quantitative estimate of drug-likeness (QED) is 0.612. The number of benzene rings is 1. The van der Waals surface area contributed by atoms with E-state index in [9.17, 15) is 0 Å². The normalized spacial score (nSPS) is 12.2. The molecule has 1 unspecified atom stereocenters. The number of amidine groups is 1. The van der Waals surface area contributed by atoms with E-state index in [1.165, 1.54) is 0 Å². The molecule has 3 N–H and O–H groups in total. The first-order chi connectivity index (χ1) is 8.49. The first-order valence-electron chi connectivity index (χ1n) is 6.38. The van der Waals surface area contributed by atoms with Gasteiger partial charge in [-0.05, 0) is 31.0 Å². The van der Waals surface area contributed by atoms with Crippen LogP contribution in [0.2, 0.25) is 5.02 Å². The number of hydrogen-bond acceptors (Lipinski definition) is 2. The molecule has 1 rings (SSSR count). The van der Waals surface area contributed by atoms with Gasteiger partial charge in [0, 0.05) is 29.4 Å². The van der Waals surface area contributed by atoms with Crippen molar-refractivity contribution in [1.29, 1.82) is 5.41 Å². The third kappa shape index (κ3) is 3.64. The van der Waals surface area contributed by atoms with Crippen molar-refractivity contribution in [2.75, 3.05) is 18.0 Å². The Bertz CT molecular complexity index is 418. The molecule has 1 aromatic rings. The van der Waals surface area contributed by atoms with E-state index < -0.39 is 0 Å². The minimum atomic E-state index is 0.0649. The van der Waals surface area contributed by atoms with Crippen molar-refractivity contribution in [1.82, 2.24) is 0 Å². The first kappa shape index (κ1) is 14.8. The van der Waals surface area contributed by atoms with E-state index in [2.05, 4.69) is 25.7 Å². The summed E-state index contributed by atoms with van der Waals surface area (Å²) >= 11 is 5.97. The van der Waals surface area contributed by atoms with Gasteiger partial charge in [0.1, 0.15) is 5.84 Å². The molecule has 18 heavy (non-hydrogen) atoms. The molecule has 0 amide bonds. The number of hydrogen-bond donors (Lipinski definition) is 2. The average Bonchev–Trinajstić information content (AvgIpc) is 2.35. The molecular formula is C14H22ClN3. The molecule has 0 aliphatic heterocycles. The van der Waals surface area contributed by atoms with Gasteiger partial charge in [0.25, 0.3) is 0 Å². The fourth-order valence-corrected chi connectivity index (χ4v) is 2.07. The van der Waals surface area contributed by atoms with Crippen LogP contribution >= 0.6 is 11.6 Å². The summed E-state index contributed by atoms with van der Waals surface area (Å²) in [6.07, 6.45) is 1.14. The zero-order valence-electron chi connectivity index (χ0n) is 11.3. The van der Waals surface area contributed by atoms with Crippen LogP contribution in [0.15, 0.2) is 18.2 Å². The van der Waals surface area contributed by atoms with Gasteiger partial charge in [0.05, 0.1) is 0 Å². The molecule has 0 bridgehead atoms. The second-order valence-electron chi connectivity index (χ2n) is 4.63. The Labute approximate surface area is 114 Å². The number of anilines is 1. The molecule has 1 aromatic carbocycles. The van der Waals surface area contributed by atoms with Crippen molar-refractivity contribution in [2.45, 2.75) is 27.2 Å². The van der Waals surface area contributed by atoms with Crippen molar-refractivity contribution < 1.29 is 0 Å². The van der Waals surface area contributed by atoms with E-state index in [1.807, 2.05) is 12.1 Å². The lowest BCUT2D eigenvalue weighted by atomic mass is 10.1. The summed E-state index contributed by atoms with van der Waals surface area (Å²) in [5.74, 6) is 0.676. The fraction of sp³-hybridized carbons (Fsp3) is 0.500. The minimum absolute atomic E-state index is 0.0649. The molecule has 4 heteroatoms. The van der Waals surface area contributed by atoms with Crippen LogP contribution in [0.5, 0.6) is 0 Å². The van der Waals surface area contributed by atoms with Crippen LogP contribution in [0.25, 0.3) is 0 Å². The van der Waals surface area contributed by atoms with Gasteiger partial charge in [0.15, 0.2) is 0 Å². The lowest BCUT2D eigenvalue weighted by Crippen LogP contribution is -2.30. The second kappa shape index (κ2) is 6.64. The third-order valence-corrected chi connectivity index (χ3v) is 3.44. The monoisotopic (exact) mass is 267 g/mol. The number of nitrogens with two attached hydrogens (primary N) is 1. The summed E-state index contributed by atoms with van der Waals surface area (Å²) in [5.41, 5.74) is 7.35. The Morgan fingerprint density at radius 2 is 2.11 bits per heavy atom. The number of nitrogens with zero attached hydrogens (tertiary/aromatic N) is 1. The molecular weight excluding hydrogens is 246 g/mol. The number of nitrogen functional groups attached to an aromatic ring is 1. The van der Waals surface area contributed by atoms with E-state index >= 15 is 0 Å². The molecule has 0 saturated heterocycles. The zero-order chi connectivity index (χ0) is 13.7. The molecule has 100 valence electrons. The van der Waals surface area contributed by atoms with Gasteiger partial charge in [-0.2, -0.15) is 0 Å². The first-order valence-corrected chi connectivity index (χ1v) is 6.76. The molecule has 3 nitrogen and oxygen atoms in total. The smallest absolute Gasteiger partial charge is 0.124 e. The SMILES string of the molecule is CCC(C)CN(CC)c1ccc(Cl)cc1C(=N)N. The van der Waals surface area contributed by atoms with Gasteiger partial charge in [-0.1, -0.05) is 31.9 Å². The summed E-state index contributed by atoms with van der Waals surface area (Å²) < 4.78 is 0. The van der Waals surface area contributed by atoms with Crippen LogP contribution in [0.4, 0.5) is 5.69 Å². The summed E-state index contributed by atoms with van der Waals surface area (Å²) in [5, 5.41) is 8.28. The van der Waals surface area contributed by atoms with Crippen molar-refractivity contribution >= 4 is 23.1 Å². The molecule has 0 aliphatic rings. The topological polar surface area (TPSA) is 53.1 Å². The Hall–Kier alpha value is -1.22. The highest BCUT2D eigenvalue weighted by molar-refractivity contribution is 6.31. The van der Waals surface area contributed by atoms with E-state index in [0.717, 1.165) is 25.2 Å². The summed E-state index contributed by atoms with van der Waals surface area (Å²) in [6, 6.07) is 5.56. The molecule has 0 fully saturated rings. The summed E-state index contributed by atoms with van der Waals surface area (Å²) in [6.45, 7) is 8.39. The summed E-state index contributed by atoms with van der Waals surface area (Å²) in [4.78, 5) is 2.25. The Morgan fingerprint density at radius 3 is 2.61 bits per heavy atom. The Balaban J connectivity index is 3.08. The number of rotatable bonds is 6. The van der Waals surface area contributed by atoms with E-state index in [4.69, 9.17) is 22.7 Å². The van der Waals surface area contributed by atoms with E-state index in [-0.39, 0.29) is 5.84 Å². The maximum Gasteiger partial charge on any atom is 0.124 e. The molecule has 0 saturated carbocycles. The maximum absolute atomic E-state index is 7.66. The van der Waals surface area contributed by atoms with Crippen molar-refractivity contribution in [2.24, 2.45) is 11.7 Å². The number of halogens is 1. The molecule has 0 aromatic heterocycles. The van der Waals surface area contributed by atoms with Crippen molar-refractivity contribution in [3.8, 4) is 0 Å². The largest absolute Gasteiger partial charge is 0.384 e. The minimum Gasteiger partial charge on any atom is -0.384 e. The van der Waals surface area contributed by atoms with E-state index in [0.29, 0.717) is 16.5 Å². The van der Waals surface area contributed by atoms with Gasteiger partial charge < -0.3 is 10.6 Å². The van der Waals surface area contributed by atoms with Crippen LogP contribution in [-0.2, 0) is 0 Å². The van der Waals surface area contributed by atoms with Crippen LogP contribution in [-0.4, -0.2) is 18.9 Å². The van der Waals surface area contributed by atoms with E-state index in [1.54, 1.807) is 6.07 Å². The lowest BCUT2D eigenvalue weighted by Gasteiger charge is -2.28. The van der Waals surface area contributed by atoms with Crippen LogP contribution < -0.4 is 10.6 Å². The molecule has 0 radical (unpaired) electrons. The highest BCUT2D eigenvalue weighted by Gasteiger charge is 2.14. The van der Waals surface area contributed by atoms with Crippen LogP contribution in [0, 0.1) is 11.3 Å². The van der Waals surface area contributed by atoms with Crippen molar-refractivity contribution in [3.05, 3.63) is 28.8 Å². The predicted octanol–water partition coefficient (Wildman–Crippen LogP) is 3.50.